The van der Waals surface area contributed by atoms with Gasteiger partial charge in [0.15, 0.2) is 0 Å². The molecule has 3 aromatic rings. The maximum atomic E-state index is 13.6. The number of benzene rings is 1. The lowest BCUT2D eigenvalue weighted by atomic mass is 10.1. The number of carboxylic acids is 1. The van der Waals surface area contributed by atoms with E-state index in [4.69, 9.17) is 10.1 Å². The highest BCUT2D eigenvalue weighted by Crippen LogP contribution is 2.34. The quantitative estimate of drug-likeness (QED) is 0.357. The Labute approximate surface area is 196 Å². The van der Waals surface area contributed by atoms with Crippen LogP contribution in [0, 0.1) is 5.82 Å². The minimum atomic E-state index is -1.20. The van der Waals surface area contributed by atoms with Crippen molar-refractivity contribution in [3.05, 3.63) is 60.8 Å². The molecule has 0 aliphatic rings. The third-order valence-electron chi connectivity index (χ3n) is 4.91. The van der Waals surface area contributed by atoms with Crippen molar-refractivity contribution in [1.29, 1.82) is 0 Å². The molecule has 0 radical (unpaired) electrons. The van der Waals surface area contributed by atoms with Crippen molar-refractivity contribution in [3.8, 4) is 22.6 Å². The predicted molar refractivity (Wildman–Crippen MR) is 127 cm³/mol. The molecule has 2 atom stereocenters. The summed E-state index contributed by atoms with van der Waals surface area (Å²) in [5.74, 6) is -0.674. The molecule has 0 bridgehead atoms. The number of carboxylic acid groups (broad SMARTS) is 1. The first-order valence-electron chi connectivity index (χ1n) is 10.5. The Balaban J connectivity index is 2.13. The SMILES string of the molecule is C=C(C)c1nc(-c2ccnc(NC)n2)c(-c2ccc(F)cc2)n1/C=C/C(O)CC(O)CC(=O)O. The van der Waals surface area contributed by atoms with Gasteiger partial charge in [0.05, 0.1) is 30.0 Å². The Morgan fingerprint density at radius 2 is 1.94 bits per heavy atom. The first-order valence-corrected chi connectivity index (χ1v) is 10.5. The second kappa shape index (κ2) is 10.8. The molecule has 0 aliphatic carbocycles. The molecular formula is C24H26FN5O4. The Bertz CT molecular complexity index is 1210. The third-order valence-corrected chi connectivity index (χ3v) is 4.91. The maximum Gasteiger partial charge on any atom is 0.305 e. The standard InChI is InChI=1S/C24H26FN5O4/c1-14(2)23-29-21(19-8-10-27-24(26-3)28-19)22(15-4-6-16(25)7-5-15)30(23)11-9-17(31)12-18(32)13-20(33)34/h4-11,17-18,31-32H,1,12-13H2,2-3H3,(H,33,34)(H,26,27,28)/b11-9+. The fraction of sp³-hybridized carbons (Fsp3) is 0.250. The van der Waals surface area contributed by atoms with Gasteiger partial charge >= 0.3 is 5.97 Å². The van der Waals surface area contributed by atoms with Gasteiger partial charge in [-0.15, -0.1) is 0 Å². The van der Waals surface area contributed by atoms with Gasteiger partial charge in [-0.25, -0.2) is 19.3 Å². The van der Waals surface area contributed by atoms with Crippen LogP contribution in [0.25, 0.3) is 34.4 Å². The number of nitrogens with zero attached hydrogens (tertiary/aromatic N) is 4. The number of hydrogen-bond acceptors (Lipinski definition) is 7. The van der Waals surface area contributed by atoms with Crippen LogP contribution in [-0.2, 0) is 4.79 Å². The van der Waals surface area contributed by atoms with Crippen LogP contribution in [0.4, 0.5) is 10.3 Å². The average Bonchev–Trinajstić information content (AvgIpc) is 3.17. The Morgan fingerprint density at radius 1 is 1.24 bits per heavy atom. The molecule has 34 heavy (non-hydrogen) atoms. The summed E-state index contributed by atoms with van der Waals surface area (Å²) < 4.78 is 15.3. The van der Waals surface area contributed by atoms with Gasteiger partial charge in [-0.3, -0.25) is 9.36 Å². The van der Waals surface area contributed by atoms with Crippen molar-refractivity contribution in [2.75, 3.05) is 12.4 Å². The molecule has 0 saturated carbocycles. The molecule has 10 heteroatoms. The highest BCUT2D eigenvalue weighted by molar-refractivity contribution is 5.82. The fourth-order valence-corrected chi connectivity index (χ4v) is 3.38. The highest BCUT2D eigenvalue weighted by Gasteiger charge is 2.21. The van der Waals surface area contributed by atoms with Crippen LogP contribution in [0.3, 0.4) is 0 Å². The molecular weight excluding hydrogens is 441 g/mol. The minimum absolute atomic E-state index is 0.157. The van der Waals surface area contributed by atoms with E-state index in [1.807, 2.05) is 0 Å². The zero-order chi connectivity index (χ0) is 24.8. The first kappa shape index (κ1) is 24.7. The van der Waals surface area contributed by atoms with Gasteiger partial charge in [0, 0.05) is 31.4 Å². The van der Waals surface area contributed by atoms with Crippen molar-refractivity contribution in [1.82, 2.24) is 19.5 Å². The number of hydrogen-bond donors (Lipinski definition) is 4. The number of carbonyl (C=O) groups is 1. The number of allylic oxidation sites excluding steroid dienone is 1. The second-order valence-corrected chi connectivity index (χ2v) is 7.70. The number of aromatic nitrogens is 4. The number of aliphatic hydroxyl groups is 2. The molecule has 2 unspecified atom stereocenters. The van der Waals surface area contributed by atoms with Crippen molar-refractivity contribution in [2.24, 2.45) is 0 Å². The topological polar surface area (TPSA) is 133 Å². The number of anilines is 1. The molecule has 3 rings (SSSR count). The van der Waals surface area contributed by atoms with Gasteiger partial charge in [0.2, 0.25) is 5.95 Å². The van der Waals surface area contributed by atoms with E-state index in [1.165, 1.54) is 18.2 Å². The van der Waals surface area contributed by atoms with E-state index < -0.39 is 30.4 Å². The molecule has 0 fully saturated rings. The number of nitrogens with one attached hydrogen (secondary N) is 1. The summed E-state index contributed by atoms with van der Waals surface area (Å²) in [5.41, 5.74) is 2.86. The summed E-state index contributed by atoms with van der Waals surface area (Å²) in [4.78, 5) is 24.1. The van der Waals surface area contributed by atoms with E-state index in [0.29, 0.717) is 40.0 Å². The Morgan fingerprint density at radius 3 is 2.56 bits per heavy atom. The van der Waals surface area contributed by atoms with Gasteiger partial charge in [0.1, 0.15) is 17.3 Å². The second-order valence-electron chi connectivity index (χ2n) is 7.70. The normalized spacial score (nSPS) is 13.1. The predicted octanol–water partition coefficient (Wildman–Crippen LogP) is 3.28. The van der Waals surface area contributed by atoms with E-state index in [9.17, 15) is 19.4 Å². The van der Waals surface area contributed by atoms with Gasteiger partial charge in [-0.05, 0) is 48.9 Å². The van der Waals surface area contributed by atoms with Crippen LogP contribution in [0.5, 0.6) is 0 Å². The van der Waals surface area contributed by atoms with Gasteiger partial charge in [0.25, 0.3) is 0 Å². The van der Waals surface area contributed by atoms with Crippen LogP contribution in [-0.4, -0.2) is 60.1 Å². The van der Waals surface area contributed by atoms with Crippen LogP contribution in [0.1, 0.15) is 25.6 Å². The van der Waals surface area contributed by atoms with Crippen molar-refractivity contribution in [3.63, 3.8) is 0 Å². The molecule has 0 saturated heterocycles. The lowest BCUT2D eigenvalue weighted by Crippen LogP contribution is -2.19. The van der Waals surface area contributed by atoms with E-state index in [0.717, 1.165) is 0 Å². The molecule has 0 amide bonds. The fourth-order valence-electron chi connectivity index (χ4n) is 3.38. The Hall–Kier alpha value is -3.89. The molecule has 2 heterocycles. The van der Waals surface area contributed by atoms with E-state index >= 15 is 0 Å². The number of rotatable bonds is 10. The first-order chi connectivity index (χ1) is 16.2. The van der Waals surface area contributed by atoms with Crippen LogP contribution < -0.4 is 5.32 Å². The van der Waals surface area contributed by atoms with Gasteiger partial charge in [-0.1, -0.05) is 6.58 Å². The number of halogens is 1. The van der Waals surface area contributed by atoms with Crippen molar-refractivity contribution >= 4 is 23.7 Å². The third kappa shape index (κ3) is 5.91. The maximum absolute atomic E-state index is 13.6. The van der Waals surface area contributed by atoms with Crippen LogP contribution in [0.15, 0.2) is 49.2 Å². The van der Waals surface area contributed by atoms with E-state index in [-0.39, 0.29) is 6.42 Å². The summed E-state index contributed by atoms with van der Waals surface area (Å²) in [5, 5.41) is 31.9. The molecule has 9 nitrogen and oxygen atoms in total. The largest absolute Gasteiger partial charge is 0.481 e. The zero-order valence-electron chi connectivity index (χ0n) is 18.8. The van der Waals surface area contributed by atoms with Crippen LogP contribution in [0.2, 0.25) is 0 Å². The lowest BCUT2D eigenvalue weighted by molar-refractivity contribution is -0.139. The molecule has 0 spiro atoms. The molecule has 4 N–H and O–H groups in total. The molecule has 178 valence electrons. The number of aliphatic hydroxyl groups excluding tert-OH is 2. The monoisotopic (exact) mass is 467 g/mol. The van der Waals surface area contributed by atoms with Gasteiger partial charge in [-0.2, -0.15) is 0 Å². The number of aliphatic carboxylic acids is 1. The number of imidazole rings is 1. The summed E-state index contributed by atoms with van der Waals surface area (Å²) in [7, 11) is 1.70. The average molecular weight is 468 g/mol. The van der Waals surface area contributed by atoms with Crippen molar-refractivity contribution in [2.45, 2.75) is 32.0 Å². The summed E-state index contributed by atoms with van der Waals surface area (Å²) in [6.45, 7) is 5.77. The summed E-state index contributed by atoms with van der Waals surface area (Å²) >= 11 is 0. The Kier molecular flexibility index (Phi) is 7.87. The molecule has 1 aromatic carbocycles. The summed E-state index contributed by atoms with van der Waals surface area (Å²) in [6, 6.07) is 7.57. The van der Waals surface area contributed by atoms with Crippen molar-refractivity contribution < 1.29 is 24.5 Å². The highest BCUT2D eigenvalue weighted by atomic mass is 19.1. The minimum Gasteiger partial charge on any atom is -0.481 e. The lowest BCUT2D eigenvalue weighted by Gasteiger charge is -2.12. The summed E-state index contributed by atoms with van der Waals surface area (Å²) in [6.07, 6.45) is 1.64. The smallest absolute Gasteiger partial charge is 0.305 e. The van der Waals surface area contributed by atoms with E-state index in [1.54, 1.807) is 49.1 Å². The molecule has 2 aromatic heterocycles. The zero-order valence-corrected chi connectivity index (χ0v) is 18.8. The van der Waals surface area contributed by atoms with E-state index in [2.05, 4.69) is 21.9 Å². The van der Waals surface area contributed by atoms with Gasteiger partial charge < -0.3 is 20.6 Å². The van der Waals surface area contributed by atoms with Crippen LogP contribution >= 0.6 is 0 Å². The molecule has 0 aliphatic heterocycles.